The number of nitrogens with two attached hydrogens (primary N) is 1. The van der Waals surface area contributed by atoms with E-state index in [1.807, 2.05) is 0 Å². The van der Waals surface area contributed by atoms with E-state index < -0.39 is 4.92 Å². The molecule has 0 spiro atoms. The minimum Gasteiger partial charge on any atom is -0.383 e. The van der Waals surface area contributed by atoms with Gasteiger partial charge in [-0.15, -0.1) is 0 Å². The molecule has 0 amide bonds. The third kappa shape index (κ3) is 3.51. The van der Waals surface area contributed by atoms with Gasteiger partial charge in [-0.25, -0.2) is 0 Å². The van der Waals surface area contributed by atoms with Crippen LogP contribution in [0.15, 0.2) is 24.3 Å². The van der Waals surface area contributed by atoms with E-state index in [4.69, 9.17) is 5.73 Å². The maximum absolute atomic E-state index is 10.4. The number of nitrogens with zero attached hydrogens (tertiary/aromatic N) is 1. The van der Waals surface area contributed by atoms with Gasteiger partial charge in [-0.3, -0.25) is 10.1 Å². The van der Waals surface area contributed by atoms with Crippen molar-refractivity contribution in [3.05, 3.63) is 34.4 Å². The molecule has 1 aromatic carbocycles. The fourth-order valence-corrected chi connectivity index (χ4v) is 1.17. The van der Waals surface area contributed by atoms with Crippen LogP contribution in [0.2, 0.25) is 0 Å². The summed E-state index contributed by atoms with van der Waals surface area (Å²) in [6.45, 7) is 4.78. The first-order valence-electron chi connectivity index (χ1n) is 5.24. The summed E-state index contributed by atoms with van der Waals surface area (Å²) in [6.07, 6.45) is 0. The normalized spacial score (nSPS) is 12.5. The van der Waals surface area contributed by atoms with Gasteiger partial charge in [0.25, 0.3) is 5.69 Å². The van der Waals surface area contributed by atoms with Gasteiger partial charge in [0.05, 0.1) is 4.92 Å². The van der Waals surface area contributed by atoms with Crippen molar-refractivity contribution in [3.63, 3.8) is 0 Å². The minimum absolute atomic E-state index is 0.0789. The monoisotopic (exact) mass is 223 g/mol. The molecule has 0 aromatic heterocycles. The second kappa shape index (κ2) is 5.46. The molecule has 1 aromatic rings. The zero-order valence-corrected chi connectivity index (χ0v) is 9.51. The molecule has 0 aliphatic heterocycles. The van der Waals surface area contributed by atoms with E-state index in [0.29, 0.717) is 12.5 Å². The lowest BCUT2D eigenvalue weighted by molar-refractivity contribution is -0.384. The molecule has 1 unspecified atom stereocenters. The smallest absolute Gasteiger partial charge is 0.269 e. The quantitative estimate of drug-likeness (QED) is 0.590. The zero-order valence-electron chi connectivity index (χ0n) is 9.51. The van der Waals surface area contributed by atoms with Crippen LogP contribution < -0.4 is 11.1 Å². The molecule has 5 heteroatoms. The predicted molar refractivity (Wildman–Crippen MR) is 64.4 cm³/mol. The van der Waals surface area contributed by atoms with Crippen molar-refractivity contribution in [1.82, 2.24) is 0 Å². The van der Waals surface area contributed by atoms with Crippen LogP contribution in [0.4, 0.5) is 11.4 Å². The first kappa shape index (κ1) is 12.4. The van der Waals surface area contributed by atoms with Gasteiger partial charge >= 0.3 is 0 Å². The van der Waals surface area contributed by atoms with E-state index in [9.17, 15) is 10.1 Å². The molecule has 0 aliphatic carbocycles. The average molecular weight is 223 g/mol. The van der Waals surface area contributed by atoms with Crippen molar-refractivity contribution in [2.24, 2.45) is 11.7 Å². The van der Waals surface area contributed by atoms with E-state index in [1.54, 1.807) is 12.1 Å². The Morgan fingerprint density at radius 3 is 2.38 bits per heavy atom. The van der Waals surface area contributed by atoms with Crippen LogP contribution in [0.5, 0.6) is 0 Å². The van der Waals surface area contributed by atoms with Gasteiger partial charge < -0.3 is 11.1 Å². The molecule has 0 aliphatic rings. The Bertz CT molecular complexity index is 349. The fraction of sp³-hybridized carbons (Fsp3) is 0.455. The Labute approximate surface area is 94.8 Å². The molecule has 1 atom stereocenters. The summed E-state index contributed by atoms with van der Waals surface area (Å²) >= 11 is 0. The number of benzene rings is 1. The minimum atomic E-state index is -0.413. The van der Waals surface area contributed by atoms with E-state index in [0.717, 1.165) is 5.69 Å². The molecule has 5 nitrogen and oxygen atoms in total. The Balaban J connectivity index is 2.53. The Kier molecular flexibility index (Phi) is 4.25. The van der Waals surface area contributed by atoms with Crippen LogP contribution in [0, 0.1) is 16.0 Å². The highest BCUT2D eigenvalue weighted by Gasteiger charge is 2.07. The lowest BCUT2D eigenvalue weighted by Gasteiger charge is -2.16. The average Bonchev–Trinajstić information content (AvgIpc) is 2.26. The van der Waals surface area contributed by atoms with Crippen LogP contribution in [0.3, 0.4) is 0 Å². The summed E-state index contributed by atoms with van der Waals surface area (Å²) < 4.78 is 0. The van der Waals surface area contributed by atoms with Crippen molar-refractivity contribution in [2.75, 3.05) is 11.9 Å². The van der Waals surface area contributed by atoms with Gasteiger partial charge in [-0.05, 0) is 18.1 Å². The molecule has 0 radical (unpaired) electrons. The molecule has 0 saturated carbocycles. The third-order valence-corrected chi connectivity index (χ3v) is 2.48. The number of anilines is 1. The molecule has 1 rings (SSSR count). The van der Waals surface area contributed by atoms with Crippen molar-refractivity contribution in [3.8, 4) is 0 Å². The first-order valence-corrected chi connectivity index (χ1v) is 5.24. The lowest BCUT2D eigenvalue weighted by atomic mass is 10.1. The lowest BCUT2D eigenvalue weighted by Crippen LogP contribution is -2.33. The van der Waals surface area contributed by atoms with Crippen LogP contribution in [-0.2, 0) is 0 Å². The Morgan fingerprint density at radius 2 is 1.94 bits per heavy atom. The van der Waals surface area contributed by atoms with Crippen molar-refractivity contribution in [1.29, 1.82) is 0 Å². The molecule has 16 heavy (non-hydrogen) atoms. The molecule has 0 fully saturated rings. The van der Waals surface area contributed by atoms with Crippen LogP contribution in [0.1, 0.15) is 13.8 Å². The number of hydrogen-bond donors (Lipinski definition) is 2. The molecular formula is C11H17N3O2. The number of nitro groups is 1. The molecule has 0 bridgehead atoms. The van der Waals surface area contributed by atoms with Gasteiger partial charge in [-0.1, -0.05) is 13.8 Å². The summed E-state index contributed by atoms with van der Waals surface area (Å²) in [7, 11) is 0. The highest BCUT2D eigenvalue weighted by molar-refractivity contribution is 5.48. The van der Waals surface area contributed by atoms with Crippen molar-refractivity contribution in [2.45, 2.75) is 19.9 Å². The number of nitro benzene ring substituents is 1. The second-order valence-electron chi connectivity index (χ2n) is 4.09. The first-order chi connectivity index (χ1) is 7.50. The molecule has 88 valence electrons. The van der Waals surface area contributed by atoms with E-state index >= 15 is 0 Å². The summed E-state index contributed by atoms with van der Waals surface area (Å²) in [5.74, 6) is 0.408. The molecular weight excluding hydrogens is 206 g/mol. The van der Waals surface area contributed by atoms with Crippen LogP contribution >= 0.6 is 0 Å². The molecule has 0 saturated heterocycles. The van der Waals surface area contributed by atoms with Gasteiger partial charge in [0.1, 0.15) is 0 Å². The zero-order chi connectivity index (χ0) is 12.1. The summed E-state index contributed by atoms with van der Waals surface area (Å²) in [6, 6.07) is 6.40. The Hall–Kier alpha value is -1.62. The summed E-state index contributed by atoms with van der Waals surface area (Å²) in [4.78, 5) is 10.0. The fourth-order valence-electron chi connectivity index (χ4n) is 1.17. The number of non-ortho nitro benzene ring substituents is 1. The highest BCUT2D eigenvalue weighted by atomic mass is 16.6. The van der Waals surface area contributed by atoms with E-state index in [-0.39, 0.29) is 11.7 Å². The SMILES string of the molecule is CC(C)C(N)CNc1ccc([N+](=O)[O-])cc1. The molecule has 3 N–H and O–H groups in total. The predicted octanol–water partition coefficient (Wildman–Crippen LogP) is 1.99. The van der Waals surface area contributed by atoms with E-state index in [1.165, 1.54) is 12.1 Å². The summed E-state index contributed by atoms with van der Waals surface area (Å²) in [5.41, 5.74) is 6.82. The van der Waals surface area contributed by atoms with Gasteiger partial charge in [0.2, 0.25) is 0 Å². The largest absolute Gasteiger partial charge is 0.383 e. The van der Waals surface area contributed by atoms with Crippen LogP contribution in [-0.4, -0.2) is 17.5 Å². The second-order valence-corrected chi connectivity index (χ2v) is 4.09. The maximum Gasteiger partial charge on any atom is 0.269 e. The van der Waals surface area contributed by atoms with Crippen molar-refractivity contribution < 1.29 is 4.92 Å². The van der Waals surface area contributed by atoms with Gasteiger partial charge in [-0.2, -0.15) is 0 Å². The standard InChI is InChI=1S/C11H17N3O2/c1-8(2)11(12)7-13-9-3-5-10(6-4-9)14(15)16/h3-6,8,11,13H,7,12H2,1-2H3. The highest BCUT2D eigenvalue weighted by Crippen LogP contribution is 2.15. The Morgan fingerprint density at radius 1 is 1.38 bits per heavy atom. The van der Waals surface area contributed by atoms with Gasteiger partial charge in [0, 0.05) is 30.4 Å². The third-order valence-electron chi connectivity index (χ3n) is 2.48. The van der Waals surface area contributed by atoms with Crippen molar-refractivity contribution >= 4 is 11.4 Å². The number of rotatable bonds is 5. The number of nitrogens with one attached hydrogen (secondary N) is 1. The number of hydrogen-bond acceptors (Lipinski definition) is 4. The molecule has 0 heterocycles. The van der Waals surface area contributed by atoms with E-state index in [2.05, 4.69) is 19.2 Å². The topological polar surface area (TPSA) is 81.2 Å². The van der Waals surface area contributed by atoms with Gasteiger partial charge in [0.15, 0.2) is 0 Å². The van der Waals surface area contributed by atoms with Crippen LogP contribution in [0.25, 0.3) is 0 Å². The maximum atomic E-state index is 10.4. The summed E-state index contributed by atoms with van der Waals surface area (Å²) in [5, 5.41) is 13.6.